The number of nitrogens with one attached hydrogen (secondary N) is 4. The molecule has 1 saturated heterocycles. The lowest BCUT2D eigenvalue weighted by Gasteiger charge is -2.33. The molecular formula is C38H47ClN5O8PS2. The molecule has 2 fully saturated rings. The number of likely N-dealkylation sites (tertiary alicyclic amines) is 1. The van der Waals surface area contributed by atoms with Gasteiger partial charge in [-0.1, -0.05) is 66.9 Å². The van der Waals surface area contributed by atoms with Crippen LogP contribution in [0.25, 0.3) is 0 Å². The summed E-state index contributed by atoms with van der Waals surface area (Å²) in [5, 5.41) is 16.0. The summed E-state index contributed by atoms with van der Waals surface area (Å²) in [7, 11) is -6.64. The van der Waals surface area contributed by atoms with Crippen molar-refractivity contribution in [1.82, 2.24) is 19.7 Å². The Morgan fingerprint density at radius 3 is 2.55 bits per heavy atom. The summed E-state index contributed by atoms with van der Waals surface area (Å²) in [6.07, 6.45) is 6.59. The Balaban J connectivity index is 0.888. The molecule has 1 saturated carbocycles. The van der Waals surface area contributed by atoms with Crippen LogP contribution in [0.3, 0.4) is 0 Å². The van der Waals surface area contributed by atoms with Crippen molar-refractivity contribution in [3.63, 3.8) is 0 Å². The molecule has 17 heteroatoms. The van der Waals surface area contributed by atoms with Crippen molar-refractivity contribution in [3.05, 3.63) is 88.4 Å². The number of carboxylic acids is 1. The molecule has 2 aliphatic heterocycles. The Labute approximate surface area is 331 Å². The fraction of sp³-hybridized carbons (Fsp3) is 0.447. The zero-order valence-corrected chi connectivity index (χ0v) is 33.7. The van der Waals surface area contributed by atoms with Gasteiger partial charge in [-0.3, -0.25) is 14.2 Å². The van der Waals surface area contributed by atoms with Crippen molar-refractivity contribution < 1.29 is 37.0 Å². The molecule has 2 heterocycles. The molecular weight excluding hydrogens is 785 g/mol. The maximum Gasteiger partial charge on any atom is 0.326 e. The van der Waals surface area contributed by atoms with Crippen molar-refractivity contribution in [2.24, 2.45) is 5.92 Å². The van der Waals surface area contributed by atoms with E-state index in [0.717, 1.165) is 49.1 Å². The summed E-state index contributed by atoms with van der Waals surface area (Å²) >= 11 is 7.84. The maximum absolute atomic E-state index is 13.3. The van der Waals surface area contributed by atoms with Gasteiger partial charge in [0.25, 0.3) is 5.91 Å². The van der Waals surface area contributed by atoms with Crippen LogP contribution < -0.4 is 20.1 Å². The first kappa shape index (κ1) is 41.2. The highest BCUT2D eigenvalue weighted by molar-refractivity contribution is 7.97. The van der Waals surface area contributed by atoms with Crippen molar-refractivity contribution >= 4 is 65.1 Å². The minimum absolute atomic E-state index is 0.00312. The highest BCUT2D eigenvalue weighted by Crippen LogP contribution is 2.41. The Morgan fingerprint density at radius 1 is 1.02 bits per heavy atom. The molecule has 3 aromatic carbocycles. The van der Waals surface area contributed by atoms with Gasteiger partial charge in [0, 0.05) is 29.6 Å². The van der Waals surface area contributed by atoms with E-state index < -0.39 is 36.0 Å². The second-order valence-corrected chi connectivity index (χ2v) is 18.5. The number of hydrogen-bond donors (Lipinski definition) is 5. The fourth-order valence-electron chi connectivity index (χ4n) is 7.43. The molecule has 3 aromatic rings. The largest absolute Gasteiger partial charge is 0.480 e. The number of aliphatic carboxylic acids is 1. The molecule has 55 heavy (non-hydrogen) atoms. The number of benzene rings is 3. The molecule has 2 unspecified atom stereocenters. The quantitative estimate of drug-likeness (QED) is 0.0607. The molecule has 296 valence electrons. The Hall–Kier alpha value is -3.43. The van der Waals surface area contributed by atoms with Gasteiger partial charge >= 0.3 is 5.97 Å². The fourth-order valence-corrected chi connectivity index (χ4v) is 10.8. The third kappa shape index (κ3) is 10.9. The number of amides is 2. The first-order valence-electron chi connectivity index (χ1n) is 18.6. The van der Waals surface area contributed by atoms with Gasteiger partial charge in [0.05, 0.1) is 23.5 Å². The zero-order valence-electron chi connectivity index (χ0n) is 30.3. The van der Waals surface area contributed by atoms with Gasteiger partial charge in [-0.2, -0.15) is 0 Å². The van der Waals surface area contributed by atoms with Crippen molar-refractivity contribution in [1.29, 1.82) is 0 Å². The lowest BCUT2D eigenvalue weighted by atomic mass is 9.85. The lowest BCUT2D eigenvalue weighted by molar-refractivity contribution is -0.148. The molecule has 13 nitrogen and oxygen atoms in total. The maximum atomic E-state index is 13.3. The van der Waals surface area contributed by atoms with Crippen LogP contribution in [0.5, 0.6) is 0 Å². The molecule has 0 spiro atoms. The van der Waals surface area contributed by atoms with Gasteiger partial charge in [-0.05, 0) is 98.2 Å². The predicted molar refractivity (Wildman–Crippen MR) is 213 cm³/mol. The summed E-state index contributed by atoms with van der Waals surface area (Å²) in [4.78, 5) is 39.6. The average Bonchev–Trinajstić information content (AvgIpc) is 3.58. The number of carbonyl (C=O) groups is 3. The van der Waals surface area contributed by atoms with Crippen molar-refractivity contribution in [3.8, 4) is 0 Å². The first-order valence-corrected chi connectivity index (χ1v) is 22.8. The smallest absolute Gasteiger partial charge is 0.326 e. The third-order valence-corrected chi connectivity index (χ3v) is 14.2. The zero-order chi connectivity index (χ0) is 39.0. The topological polar surface area (TPSA) is 183 Å². The number of aryl methyl sites for hydroxylation is 1. The Kier molecular flexibility index (Phi) is 14.3. The van der Waals surface area contributed by atoms with Crippen LogP contribution in [0, 0.1) is 5.92 Å². The van der Waals surface area contributed by atoms with Crippen LogP contribution in [-0.4, -0.2) is 73.8 Å². The van der Waals surface area contributed by atoms with E-state index in [-0.39, 0.29) is 53.3 Å². The van der Waals surface area contributed by atoms with Crippen LogP contribution in [0.4, 0.5) is 5.69 Å². The van der Waals surface area contributed by atoms with E-state index in [1.165, 1.54) is 22.4 Å². The van der Waals surface area contributed by atoms with Gasteiger partial charge in [0.15, 0.2) is 0 Å². The van der Waals surface area contributed by atoms with Crippen LogP contribution in [0.1, 0.15) is 72.9 Å². The predicted octanol–water partition coefficient (Wildman–Crippen LogP) is 6.05. The van der Waals surface area contributed by atoms with E-state index in [1.54, 1.807) is 36.4 Å². The highest BCUT2D eigenvalue weighted by Gasteiger charge is 2.47. The van der Waals surface area contributed by atoms with Gasteiger partial charge in [0.1, 0.15) is 17.1 Å². The van der Waals surface area contributed by atoms with E-state index in [9.17, 15) is 32.5 Å². The number of hydrogen-bond acceptors (Lipinski definition) is 10. The standard InChI is InChI=1S/C38H47ClN5O8PS2/c39-29-21-30-33(54-43-35(42-30)17-14-25-8-2-1-3-9-25)22-34(29)55(50,51)41-23-26-12-15-27(16-13-26)37(46)40-18-6-7-19-52-53(49)24-36(45)44-31-11-5-4-10-28(31)20-32(44)38(47)48/h1-3,8-9,12-13,15-16,21-22,28,31-32,35,41-43,53H,4-7,10-11,14,17-20,23-24H2,(H,40,46)(H,47,48)/t28-,31-,32+,35?/m1/s1. The molecule has 0 aromatic heterocycles. The normalized spacial score (nSPS) is 21.2. The third-order valence-electron chi connectivity index (χ3n) is 10.3. The monoisotopic (exact) mass is 831 g/mol. The number of carboxylic acid groups (broad SMARTS) is 1. The molecule has 1 aliphatic carbocycles. The molecule has 6 rings (SSSR count). The summed E-state index contributed by atoms with van der Waals surface area (Å²) < 4.78 is 50.4. The van der Waals surface area contributed by atoms with Crippen LogP contribution >= 0.6 is 31.6 Å². The van der Waals surface area contributed by atoms with Crippen LogP contribution in [0.2, 0.25) is 5.02 Å². The number of anilines is 1. The highest BCUT2D eigenvalue weighted by atomic mass is 35.5. The summed E-state index contributed by atoms with van der Waals surface area (Å²) in [6, 6.07) is 19.0. The molecule has 0 radical (unpaired) electrons. The number of nitrogens with zero attached hydrogens (tertiary/aromatic N) is 1. The Bertz CT molecular complexity index is 1970. The number of carbonyl (C=O) groups excluding carboxylic acids is 2. The van der Waals surface area contributed by atoms with E-state index in [1.807, 2.05) is 18.2 Å². The second-order valence-electron chi connectivity index (χ2n) is 14.1. The summed E-state index contributed by atoms with van der Waals surface area (Å²) in [5.41, 5.74) is 3.06. The number of sulfonamides is 1. The number of fused-ring (bicyclic) bond motifs is 2. The van der Waals surface area contributed by atoms with E-state index in [4.69, 9.17) is 16.1 Å². The minimum Gasteiger partial charge on any atom is -0.480 e. The molecule has 5 atom stereocenters. The second kappa shape index (κ2) is 19.1. The Morgan fingerprint density at radius 2 is 1.78 bits per heavy atom. The van der Waals surface area contributed by atoms with Crippen molar-refractivity contribution in [2.75, 3.05) is 24.6 Å². The molecule has 5 N–H and O–H groups in total. The molecule has 2 amide bonds. The average molecular weight is 832 g/mol. The van der Waals surface area contributed by atoms with E-state index >= 15 is 0 Å². The summed E-state index contributed by atoms with van der Waals surface area (Å²) in [6.45, 7) is 0.496. The van der Waals surface area contributed by atoms with Gasteiger partial charge in [-0.25, -0.2) is 22.7 Å². The summed E-state index contributed by atoms with van der Waals surface area (Å²) in [5.74, 6) is -1.55. The van der Waals surface area contributed by atoms with Crippen LogP contribution in [0.15, 0.2) is 76.5 Å². The van der Waals surface area contributed by atoms with Gasteiger partial charge in [0.2, 0.25) is 24.0 Å². The van der Waals surface area contributed by atoms with E-state index in [0.29, 0.717) is 36.9 Å². The first-order chi connectivity index (χ1) is 26.5. The molecule has 0 bridgehead atoms. The van der Waals surface area contributed by atoms with Gasteiger partial charge < -0.3 is 25.2 Å². The number of unbranched alkanes of at least 4 members (excludes halogenated alkanes) is 1. The van der Waals surface area contributed by atoms with Gasteiger partial charge in [-0.15, -0.1) is 0 Å². The lowest BCUT2D eigenvalue weighted by Crippen LogP contribution is -2.47. The van der Waals surface area contributed by atoms with E-state index in [2.05, 4.69) is 32.2 Å². The number of rotatable bonds is 17. The van der Waals surface area contributed by atoms with Crippen molar-refractivity contribution in [2.45, 2.75) is 92.4 Å². The van der Waals surface area contributed by atoms with Crippen LogP contribution in [-0.2, 0) is 41.7 Å². The minimum atomic E-state index is -3.95. The molecule has 3 aliphatic rings. The number of halogens is 1. The SMILES string of the molecule is O=C(NCCCCO[PH](=O)CC(=O)N1[C@@H]2CCCC[C@@H]2C[C@H]1C(=O)O)c1ccc(CNS(=O)(=O)c2cc3c(cc2Cl)NC(CCc2ccccc2)NS3)cc1.